The second-order valence-corrected chi connectivity index (χ2v) is 5.00. The Hall–Kier alpha value is -2.30. The predicted octanol–water partition coefficient (Wildman–Crippen LogP) is 3.04. The fourth-order valence-corrected chi connectivity index (χ4v) is 2.00. The largest absolute Gasteiger partial charge is 0.444 e. The summed E-state index contributed by atoms with van der Waals surface area (Å²) >= 11 is 0. The van der Waals surface area contributed by atoms with Gasteiger partial charge in [0, 0.05) is 17.8 Å². The van der Waals surface area contributed by atoms with Gasteiger partial charge in [0.05, 0.1) is 12.7 Å². The lowest BCUT2D eigenvalue weighted by molar-refractivity contribution is 0.0947. The van der Waals surface area contributed by atoms with E-state index < -0.39 is 0 Å². The van der Waals surface area contributed by atoms with E-state index in [4.69, 9.17) is 4.42 Å². The van der Waals surface area contributed by atoms with Crippen LogP contribution in [0.5, 0.6) is 0 Å². The third kappa shape index (κ3) is 4.08. The van der Waals surface area contributed by atoms with Crippen LogP contribution in [0.2, 0.25) is 0 Å². The molecule has 0 unspecified atom stereocenters. The Labute approximate surface area is 124 Å². The lowest BCUT2D eigenvalue weighted by atomic mass is 10.1. The quantitative estimate of drug-likeness (QED) is 0.857. The number of rotatable bonds is 6. The van der Waals surface area contributed by atoms with Crippen molar-refractivity contribution in [2.45, 2.75) is 33.7 Å². The summed E-state index contributed by atoms with van der Waals surface area (Å²) in [5.74, 6) is 1.12. The van der Waals surface area contributed by atoms with E-state index in [1.807, 2.05) is 32.0 Å². The van der Waals surface area contributed by atoms with Crippen LogP contribution in [0, 0.1) is 13.8 Å². The minimum atomic E-state index is -0.129. The van der Waals surface area contributed by atoms with E-state index in [0.717, 1.165) is 30.0 Å². The summed E-state index contributed by atoms with van der Waals surface area (Å²) in [6.07, 6.45) is 2.71. The Kier molecular flexibility index (Phi) is 4.98. The van der Waals surface area contributed by atoms with Crippen LogP contribution >= 0.6 is 0 Å². The number of hydrogen-bond donors (Lipinski definition) is 2. The first-order valence-electron chi connectivity index (χ1n) is 7.14. The number of amides is 1. The summed E-state index contributed by atoms with van der Waals surface area (Å²) in [6.45, 7) is 7.15. The highest BCUT2D eigenvalue weighted by atomic mass is 16.4. The minimum Gasteiger partial charge on any atom is -0.444 e. The zero-order valence-corrected chi connectivity index (χ0v) is 12.7. The average molecular weight is 287 g/mol. The lowest BCUT2D eigenvalue weighted by Crippen LogP contribution is -2.23. The van der Waals surface area contributed by atoms with Crippen LogP contribution in [0.4, 0.5) is 5.69 Å². The van der Waals surface area contributed by atoms with E-state index >= 15 is 0 Å². The Morgan fingerprint density at radius 1 is 1.33 bits per heavy atom. The van der Waals surface area contributed by atoms with Crippen LogP contribution in [0.25, 0.3) is 0 Å². The molecule has 0 aliphatic carbocycles. The molecule has 0 atom stereocenters. The summed E-state index contributed by atoms with van der Waals surface area (Å²) in [4.78, 5) is 16.2. The van der Waals surface area contributed by atoms with Crippen molar-refractivity contribution >= 4 is 11.6 Å². The standard InChI is InChI=1S/C16H21N3O2/c1-4-7-17-14-6-5-13(8-11(14)2)16(20)19-10-15-18-9-12(3)21-15/h5-6,8-9,17H,4,7,10H2,1-3H3,(H,19,20). The molecule has 0 saturated heterocycles. The zero-order chi connectivity index (χ0) is 15.2. The van der Waals surface area contributed by atoms with Gasteiger partial charge in [-0.1, -0.05) is 6.92 Å². The molecule has 0 saturated carbocycles. The van der Waals surface area contributed by atoms with Gasteiger partial charge in [-0.3, -0.25) is 4.79 Å². The maximum Gasteiger partial charge on any atom is 0.251 e. The maximum atomic E-state index is 12.1. The molecular weight excluding hydrogens is 266 g/mol. The number of aryl methyl sites for hydroxylation is 2. The SMILES string of the molecule is CCCNc1ccc(C(=O)NCc2ncc(C)o2)cc1C. The fourth-order valence-electron chi connectivity index (χ4n) is 2.00. The molecule has 1 aromatic carbocycles. The number of nitrogens with one attached hydrogen (secondary N) is 2. The molecule has 0 aliphatic heterocycles. The molecule has 5 heteroatoms. The summed E-state index contributed by atoms with van der Waals surface area (Å²) < 4.78 is 5.32. The molecule has 1 amide bonds. The monoisotopic (exact) mass is 287 g/mol. The molecule has 2 rings (SSSR count). The third-order valence-electron chi connectivity index (χ3n) is 3.12. The highest BCUT2D eigenvalue weighted by Gasteiger charge is 2.09. The highest BCUT2D eigenvalue weighted by Crippen LogP contribution is 2.16. The van der Waals surface area contributed by atoms with Crippen LogP contribution in [-0.4, -0.2) is 17.4 Å². The van der Waals surface area contributed by atoms with E-state index in [1.165, 1.54) is 0 Å². The first kappa shape index (κ1) is 15.1. The fraction of sp³-hybridized carbons (Fsp3) is 0.375. The van der Waals surface area contributed by atoms with E-state index in [9.17, 15) is 4.79 Å². The van der Waals surface area contributed by atoms with Crippen molar-refractivity contribution in [3.8, 4) is 0 Å². The molecule has 0 bridgehead atoms. The topological polar surface area (TPSA) is 67.2 Å². The van der Waals surface area contributed by atoms with Gasteiger partial charge >= 0.3 is 0 Å². The third-order valence-corrected chi connectivity index (χ3v) is 3.12. The molecule has 0 radical (unpaired) electrons. The molecule has 2 N–H and O–H groups in total. The van der Waals surface area contributed by atoms with E-state index in [0.29, 0.717) is 18.0 Å². The number of benzene rings is 1. The van der Waals surface area contributed by atoms with E-state index in [-0.39, 0.29) is 5.91 Å². The Balaban J connectivity index is 1.97. The van der Waals surface area contributed by atoms with Crippen molar-refractivity contribution in [1.29, 1.82) is 0 Å². The van der Waals surface area contributed by atoms with E-state index in [1.54, 1.807) is 6.20 Å². The van der Waals surface area contributed by atoms with E-state index in [2.05, 4.69) is 22.5 Å². The number of nitrogens with zero attached hydrogens (tertiary/aromatic N) is 1. The normalized spacial score (nSPS) is 10.4. The number of hydrogen-bond acceptors (Lipinski definition) is 4. The molecule has 0 spiro atoms. The summed E-state index contributed by atoms with van der Waals surface area (Å²) in [6, 6.07) is 5.64. The number of oxazole rings is 1. The predicted molar refractivity (Wildman–Crippen MR) is 82.4 cm³/mol. The summed E-state index contributed by atoms with van der Waals surface area (Å²) in [5, 5.41) is 6.14. The zero-order valence-electron chi connectivity index (χ0n) is 12.7. The van der Waals surface area contributed by atoms with Crippen LogP contribution in [0.15, 0.2) is 28.8 Å². The van der Waals surface area contributed by atoms with Gasteiger partial charge in [0.25, 0.3) is 5.91 Å². The molecule has 2 aromatic rings. The Morgan fingerprint density at radius 3 is 2.76 bits per heavy atom. The van der Waals surface area contributed by atoms with Crippen LogP contribution in [0.1, 0.15) is 40.9 Å². The minimum absolute atomic E-state index is 0.129. The van der Waals surface area contributed by atoms with Crippen molar-refractivity contribution < 1.29 is 9.21 Å². The lowest BCUT2D eigenvalue weighted by Gasteiger charge is -2.10. The second-order valence-electron chi connectivity index (χ2n) is 5.00. The number of aromatic nitrogens is 1. The van der Waals surface area contributed by atoms with Gasteiger partial charge in [0.15, 0.2) is 0 Å². The van der Waals surface area contributed by atoms with Gasteiger partial charge in [0.2, 0.25) is 5.89 Å². The van der Waals surface area contributed by atoms with Crippen molar-refractivity contribution in [3.05, 3.63) is 47.2 Å². The van der Waals surface area contributed by atoms with Gasteiger partial charge in [-0.15, -0.1) is 0 Å². The van der Waals surface area contributed by atoms with Gasteiger partial charge in [-0.2, -0.15) is 0 Å². The molecule has 1 aromatic heterocycles. The molecule has 112 valence electrons. The molecular formula is C16H21N3O2. The number of carbonyl (C=O) groups is 1. The van der Waals surface area contributed by atoms with Crippen molar-refractivity contribution in [2.75, 3.05) is 11.9 Å². The smallest absolute Gasteiger partial charge is 0.251 e. The average Bonchev–Trinajstić information content (AvgIpc) is 2.89. The van der Waals surface area contributed by atoms with Crippen molar-refractivity contribution in [3.63, 3.8) is 0 Å². The van der Waals surface area contributed by atoms with Gasteiger partial charge in [-0.05, 0) is 44.0 Å². The van der Waals surface area contributed by atoms with Gasteiger partial charge < -0.3 is 15.1 Å². The Bertz CT molecular complexity index is 620. The summed E-state index contributed by atoms with van der Waals surface area (Å²) in [5.41, 5.74) is 2.76. The van der Waals surface area contributed by atoms with Crippen molar-refractivity contribution in [1.82, 2.24) is 10.3 Å². The second kappa shape index (κ2) is 6.92. The Morgan fingerprint density at radius 2 is 2.14 bits per heavy atom. The van der Waals surface area contributed by atoms with Gasteiger partial charge in [-0.25, -0.2) is 4.98 Å². The molecule has 1 heterocycles. The van der Waals surface area contributed by atoms with Crippen LogP contribution in [0.3, 0.4) is 0 Å². The molecule has 5 nitrogen and oxygen atoms in total. The summed E-state index contributed by atoms with van der Waals surface area (Å²) in [7, 11) is 0. The molecule has 0 aliphatic rings. The van der Waals surface area contributed by atoms with Crippen LogP contribution < -0.4 is 10.6 Å². The number of anilines is 1. The first-order chi connectivity index (χ1) is 10.1. The van der Waals surface area contributed by atoms with Gasteiger partial charge in [0.1, 0.15) is 5.76 Å². The maximum absolute atomic E-state index is 12.1. The number of carbonyl (C=O) groups excluding carboxylic acids is 1. The highest BCUT2D eigenvalue weighted by molar-refractivity contribution is 5.94. The first-order valence-corrected chi connectivity index (χ1v) is 7.14. The van der Waals surface area contributed by atoms with Crippen LogP contribution in [-0.2, 0) is 6.54 Å². The molecule has 0 fully saturated rings. The molecule has 21 heavy (non-hydrogen) atoms. The van der Waals surface area contributed by atoms with Crippen molar-refractivity contribution in [2.24, 2.45) is 0 Å².